The summed E-state index contributed by atoms with van der Waals surface area (Å²) in [7, 11) is 0. The van der Waals surface area contributed by atoms with Gasteiger partial charge in [-0.05, 0) is 23.2 Å². The number of nitrogens with one attached hydrogen (secondary N) is 3. The van der Waals surface area contributed by atoms with Crippen molar-refractivity contribution in [3.8, 4) is 0 Å². The fourth-order valence-electron chi connectivity index (χ4n) is 3.05. The Morgan fingerprint density at radius 1 is 1.13 bits per heavy atom. The van der Waals surface area contributed by atoms with E-state index in [0.717, 1.165) is 16.5 Å². The van der Waals surface area contributed by atoms with Crippen molar-refractivity contribution in [1.82, 2.24) is 15.6 Å². The van der Waals surface area contributed by atoms with Gasteiger partial charge in [0.05, 0.1) is 5.69 Å². The lowest BCUT2D eigenvalue weighted by Crippen LogP contribution is -2.49. The number of aromatic nitrogens is 1. The monoisotopic (exact) mass is 406 g/mol. The summed E-state index contributed by atoms with van der Waals surface area (Å²) in [6.07, 6.45) is 1.87. The summed E-state index contributed by atoms with van der Waals surface area (Å²) in [4.78, 5) is 42.0. The van der Waals surface area contributed by atoms with Gasteiger partial charge in [-0.2, -0.15) is 0 Å². The molecule has 1 heterocycles. The number of amides is 2. The maximum Gasteiger partial charge on any atom is 0.322 e. The van der Waals surface area contributed by atoms with Gasteiger partial charge in [-0.1, -0.05) is 41.5 Å². The van der Waals surface area contributed by atoms with Crippen molar-refractivity contribution in [3.05, 3.63) is 76.3 Å². The molecule has 152 valence electrons. The smallest absolute Gasteiger partial charge is 0.322 e. The number of hydrogen-bond donors (Lipinski definition) is 4. The molecule has 0 spiro atoms. The van der Waals surface area contributed by atoms with Gasteiger partial charge in [-0.25, -0.2) is 0 Å². The summed E-state index contributed by atoms with van der Waals surface area (Å²) in [5, 5.41) is 18.1. The highest BCUT2D eigenvalue weighted by molar-refractivity contribution is 6.01. The Bertz CT molecular complexity index is 1150. The van der Waals surface area contributed by atoms with Gasteiger partial charge in [0.1, 0.15) is 12.6 Å². The Morgan fingerprint density at radius 2 is 1.87 bits per heavy atom. The first-order valence-electron chi connectivity index (χ1n) is 8.99. The Balaban J connectivity index is 1.87. The molecule has 3 aromatic rings. The molecular formula is C20H18N6O4. The fraction of sp³-hybridized carbons (Fsp3) is 0.150. The highest BCUT2D eigenvalue weighted by atomic mass is 16.4. The number of nitrogens with zero attached hydrogens (tertiary/aromatic N) is 3. The Labute approximate surface area is 170 Å². The molecule has 0 aliphatic carbocycles. The van der Waals surface area contributed by atoms with E-state index in [1.54, 1.807) is 18.3 Å². The maximum atomic E-state index is 12.8. The van der Waals surface area contributed by atoms with Crippen molar-refractivity contribution >= 4 is 34.4 Å². The number of benzene rings is 2. The molecule has 0 aliphatic heterocycles. The SMILES string of the molecule is [N-]=[N+]=Nc1ccccc1C(=O)N[C@H](Cc1c[nH]c2ccccc12)C(=O)NCC(=O)O. The predicted molar refractivity (Wildman–Crippen MR) is 109 cm³/mol. The van der Waals surface area contributed by atoms with Crippen LogP contribution in [0.5, 0.6) is 0 Å². The van der Waals surface area contributed by atoms with E-state index in [1.807, 2.05) is 24.3 Å². The van der Waals surface area contributed by atoms with Gasteiger partial charge in [0, 0.05) is 34.0 Å². The van der Waals surface area contributed by atoms with Crippen LogP contribution >= 0.6 is 0 Å². The minimum Gasteiger partial charge on any atom is -0.480 e. The van der Waals surface area contributed by atoms with Gasteiger partial charge in [0.15, 0.2) is 0 Å². The number of carboxylic acids is 1. The normalized spacial score (nSPS) is 11.3. The third-order valence-corrected chi connectivity index (χ3v) is 4.44. The molecule has 3 rings (SSSR count). The summed E-state index contributed by atoms with van der Waals surface area (Å²) < 4.78 is 0. The number of carbonyl (C=O) groups is 3. The second-order valence-corrected chi connectivity index (χ2v) is 6.41. The number of hydrogen-bond acceptors (Lipinski definition) is 4. The molecule has 0 aliphatic rings. The largest absolute Gasteiger partial charge is 0.480 e. The van der Waals surface area contributed by atoms with Gasteiger partial charge in [0.2, 0.25) is 5.91 Å². The van der Waals surface area contributed by atoms with Crippen molar-refractivity contribution in [2.24, 2.45) is 5.11 Å². The van der Waals surface area contributed by atoms with Gasteiger partial charge in [-0.3, -0.25) is 14.4 Å². The molecule has 2 aromatic carbocycles. The second-order valence-electron chi connectivity index (χ2n) is 6.41. The molecule has 0 saturated carbocycles. The molecule has 1 aromatic heterocycles. The number of carbonyl (C=O) groups excluding carboxylic acids is 2. The van der Waals surface area contributed by atoms with Crippen molar-refractivity contribution in [2.45, 2.75) is 12.5 Å². The molecule has 0 fully saturated rings. The molecule has 4 N–H and O–H groups in total. The first-order chi connectivity index (χ1) is 14.5. The van der Waals surface area contributed by atoms with Crippen LogP contribution in [0.2, 0.25) is 0 Å². The van der Waals surface area contributed by atoms with Crippen molar-refractivity contribution in [2.75, 3.05) is 6.54 Å². The first-order valence-corrected chi connectivity index (χ1v) is 8.99. The van der Waals surface area contributed by atoms with E-state index in [-0.39, 0.29) is 17.7 Å². The van der Waals surface area contributed by atoms with Crippen LogP contribution in [0, 0.1) is 0 Å². The molecule has 2 amide bonds. The van der Waals surface area contributed by atoms with E-state index in [9.17, 15) is 14.4 Å². The first kappa shape index (κ1) is 20.4. The zero-order chi connectivity index (χ0) is 21.5. The summed E-state index contributed by atoms with van der Waals surface area (Å²) in [5.74, 6) is -2.46. The van der Waals surface area contributed by atoms with Crippen LogP contribution in [0.15, 0.2) is 59.8 Å². The van der Waals surface area contributed by atoms with E-state index in [4.69, 9.17) is 10.6 Å². The van der Waals surface area contributed by atoms with Crippen LogP contribution in [0.25, 0.3) is 21.3 Å². The summed E-state index contributed by atoms with van der Waals surface area (Å²) >= 11 is 0. The Morgan fingerprint density at radius 3 is 2.63 bits per heavy atom. The number of rotatable bonds is 8. The molecule has 0 bridgehead atoms. The second kappa shape index (κ2) is 9.26. The van der Waals surface area contributed by atoms with Gasteiger partial charge < -0.3 is 20.7 Å². The number of H-pyrrole nitrogens is 1. The number of para-hydroxylation sites is 1. The average Bonchev–Trinajstić information content (AvgIpc) is 3.15. The number of aliphatic carboxylic acids is 1. The minimum absolute atomic E-state index is 0.102. The minimum atomic E-state index is -1.20. The molecule has 10 nitrogen and oxygen atoms in total. The van der Waals surface area contributed by atoms with Crippen LogP contribution in [0.1, 0.15) is 15.9 Å². The number of fused-ring (bicyclic) bond motifs is 1. The maximum absolute atomic E-state index is 12.8. The molecule has 0 saturated heterocycles. The predicted octanol–water partition coefficient (Wildman–Crippen LogP) is 2.65. The molecule has 0 unspecified atom stereocenters. The third-order valence-electron chi connectivity index (χ3n) is 4.44. The zero-order valence-electron chi connectivity index (χ0n) is 15.7. The van der Waals surface area contributed by atoms with Crippen molar-refractivity contribution in [3.63, 3.8) is 0 Å². The van der Waals surface area contributed by atoms with Gasteiger partial charge >= 0.3 is 5.97 Å². The number of aromatic amines is 1. The molecule has 1 atom stereocenters. The zero-order valence-corrected chi connectivity index (χ0v) is 15.7. The van der Waals surface area contributed by atoms with Crippen molar-refractivity contribution < 1.29 is 19.5 Å². The number of azide groups is 1. The molecule has 0 radical (unpaired) electrons. The van der Waals surface area contributed by atoms with E-state index in [2.05, 4.69) is 25.6 Å². The van der Waals surface area contributed by atoms with E-state index in [0.29, 0.717) is 0 Å². The summed E-state index contributed by atoms with van der Waals surface area (Å²) in [6.45, 7) is -0.575. The third kappa shape index (κ3) is 4.75. The van der Waals surface area contributed by atoms with Gasteiger partial charge in [-0.15, -0.1) is 0 Å². The fourth-order valence-corrected chi connectivity index (χ4v) is 3.05. The lowest BCUT2D eigenvalue weighted by molar-refractivity contribution is -0.138. The standard InChI is InChI=1S/C20H18N6O4/c21-26-25-16-8-4-2-6-14(16)19(29)24-17(20(30)23-11-18(27)28)9-12-10-22-15-7-3-1-5-13(12)15/h1-8,10,17,22H,9,11H2,(H,23,30)(H,24,29)(H,27,28)/t17-/m1/s1. The highest BCUT2D eigenvalue weighted by Gasteiger charge is 2.24. The van der Waals surface area contributed by atoms with E-state index in [1.165, 1.54) is 12.1 Å². The summed E-state index contributed by atoms with van der Waals surface area (Å²) in [6, 6.07) is 12.6. The van der Waals surface area contributed by atoms with Crippen LogP contribution in [0.3, 0.4) is 0 Å². The quantitative estimate of drug-likeness (QED) is 0.257. The van der Waals surface area contributed by atoms with Crippen LogP contribution < -0.4 is 10.6 Å². The lowest BCUT2D eigenvalue weighted by Gasteiger charge is -2.18. The van der Waals surface area contributed by atoms with E-state index < -0.39 is 30.4 Å². The highest BCUT2D eigenvalue weighted by Crippen LogP contribution is 2.21. The summed E-state index contributed by atoms with van der Waals surface area (Å²) in [5.41, 5.74) is 10.6. The Hall–Kier alpha value is -4.30. The van der Waals surface area contributed by atoms with Crippen LogP contribution in [-0.2, 0) is 16.0 Å². The van der Waals surface area contributed by atoms with Crippen LogP contribution in [0.4, 0.5) is 5.69 Å². The lowest BCUT2D eigenvalue weighted by atomic mass is 10.0. The molecular weight excluding hydrogens is 388 g/mol. The van der Waals surface area contributed by atoms with Crippen LogP contribution in [-0.4, -0.2) is 40.5 Å². The Kier molecular flexibility index (Phi) is 6.31. The molecule has 10 heteroatoms. The van der Waals surface area contributed by atoms with Gasteiger partial charge in [0.25, 0.3) is 5.91 Å². The van der Waals surface area contributed by atoms with E-state index >= 15 is 0 Å². The average molecular weight is 406 g/mol. The topological polar surface area (TPSA) is 160 Å². The van der Waals surface area contributed by atoms with Crippen molar-refractivity contribution in [1.29, 1.82) is 0 Å². The molecule has 30 heavy (non-hydrogen) atoms. The number of carboxylic acid groups (broad SMARTS) is 1.